The smallest absolute Gasteiger partial charge is 0.129 e. The van der Waals surface area contributed by atoms with E-state index >= 15 is 0 Å². The second-order valence-corrected chi connectivity index (χ2v) is 4.78. The number of anilines is 1. The molecule has 0 fully saturated rings. The number of pyridine rings is 1. The van der Waals surface area contributed by atoms with Gasteiger partial charge in [-0.1, -0.05) is 35.9 Å². The van der Waals surface area contributed by atoms with E-state index in [-0.39, 0.29) is 0 Å². The summed E-state index contributed by atoms with van der Waals surface area (Å²) in [5.74, 6) is 0. The van der Waals surface area contributed by atoms with Gasteiger partial charge in [-0.15, -0.1) is 0 Å². The monoisotopic (exact) mass is 244 g/mol. The summed E-state index contributed by atoms with van der Waals surface area (Å²) in [6.45, 7) is 0. The molecule has 0 saturated heterocycles. The highest BCUT2D eigenvalue weighted by Crippen LogP contribution is 2.24. The lowest BCUT2D eigenvalue weighted by atomic mass is 10.1. The van der Waals surface area contributed by atoms with E-state index in [1.165, 1.54) is 11.1 Å². The summed E-state index contributed by atoms with van der Waals surface area (Å²) < 4.78 is 0. The zero-order valence-corrected chi connectivity index (χ0v) is 10.1. The standard InChI is InChI=1S/C14H13ClN2/c15-14-6-5-12(9-16-14)17-13-7-10-3-1-2-4-11(10)8-13/h1-6,9,13,17H,7-8H2. The fourth-order valence-corrected chi connectivity index (χ4v) is 2.47. The Morgan fingerprint density at radius 2 is 1.76 bits per heavy atom. The van der Waals surface area contributed by atoms with Crippen molar-refractivity contribution in [3.63, 3.8) is 0 Å². The third-order valence-electron chi connectivity index (χ3n) is 3.15. The van der Waals surface area contributed by atoms with Gasteiger partial charge in [-0.2, -0.15) is 0 Å². The summed E-state index contributed by atoms with van der Waals surface area (Å²) in [5.41, 5.74) is 3.94. The minimum Gasteiger partial charge on any atom is -0.380 e. The lowest BCUT2D eigenvalue weighted by molar-refractivity contribution is 0.773. The van der Waals surface area contributed by atoms with E-state index in [0.29, 0.717) is 11.2 Å². The van der Waals surface area contributed by atoms with Crippen molar-refractivity contribution in [1.82, 2.24) is 4.98 Å². The van der Waals surface area contributed by atoms with Gasteiger partial charge in [-0.3, -0.25) is 0 Å². The van der Waals surface area contributed by atoms with Crippen LogP contribution in [0.2, 0.25) is 5.15 Å². The molecule has 17 heavy (non-hydrogen) atoms. The highest BCUT2D eigenvalue weighted by molar-refractivity contribution is 6.29. The Balaban J connectivity index is 1.71. The van der Waals surface area contributed by atoms with Gasteiger partial charge in [0, 0.05) is 6.04 Å². The minimum absolute atomic E-state index is 0.468. The molecule has 1 aromatic carbocycles. The number of hydrogen-bond acceptors (Lipinski definition) is 2. The van der Waals surface area contributed by atoms with Crippen LogP contribution in [0.15, 0.2) is 42.6 Å². The zero-order valence-electron chi connectivity index (χ0n) is 9.36. The van der Waals surface area contributed by atoms with Crippen molar-refractivity contribution in [1.29, 1.82) is 0 Å². The third-order valence-corrected chi connectivity index (χ3v) is 3.37. The number of benzene rings is 1. The van der Waals surface area contributed by atoms with Crippen molar-refractivity contribution >= 4 is 17.3 Å². The molecule has 1 aliphatic carbocycles. The average molecular weight is 245 g/mol. The molecule has 0 aliphatic heterocycles. The summed E-state index contributed by atoms with van der Waals surface area (Å²) >= 11 is 5.76. The molecule has 0 saturated carbocycles. The minimum atomic E-state index is 0.468. The van der Waals surface area contributed by atoms with E-state index in [9.17, 15) is 0 Å². The van der Waals surface area contributed by atoms with Crippen LogP contribution in [0.1, 0.15) is 11.1 Å². The molecule has 3 rings (SSSR count). The van der Waals surface area contributed by atoms with Crippen molar-refractivity contribution in [3.8, 4) is 0 Å². The van der Waals surface area contributed by atoms with E-state index in [1.807, 2.05) is 12.1 Å². The number of fused-ring (bicyclic) bond motifs is 1. The van der Waals surface area contributed by atoms with Gasteiger partial charge in [0.15, 0.2) is 0 Å². The number of nitrogens with one attached hydrogen (secondary N) is 1. The quantitative estimate of drug-likeness (QED) is 0.820. The highest BCUT2D eigenvalue weighted by atomic mass is 35.5. The number of rotatable bonds is 2. The van der Waals surface area contributed by atoms with Crippen LogP contribution in [-0.4, -0.2) is 11.0 Å². The molecule has 1 aliphatic rings. The Morgan fingerprint density at radius 1 is 1.06 bits per heavy atom. The van der Waals surface area contributed by atoms with Gasteiger partial charge in [-0.05, 0) is 36.1 Å². The van der Waals surface area contributed by atoms with Gasteiger partial charge in [0.1, 0.15) is 5.15 Å². The molecule has 86 valence electrons. The SMILES string of the molecule is Clc1ccc(NC2Cc3ccccc3C2)cn1. The molecule has 1 heterocycles. The summed E-state index contributed by atoms with van der Waals surface area (Å²) in [6, 6.07) is 12.9. The topological polar surface area (TPSA) is 24.9 Å². The average Bonchev–Trinajstić information content (AvgIpc) is 2.74. The van der Waals surface area contributed by atoms with Crippen LogP contribution < -0.4 is 5.32 Å². The largest absolute Gasteiger partial charge is 0.380 e. The Labute approximate surface area is 106 Å². The maximum absolute atomic E-state index is 5.76. The molecular weight excluding hydrogens is 232 g/mol. The number of aromatic nitrogens is 1. The maximum Gasteiger partial charge on any atom is 0.129 e. The van der Waals surface area contributed by atoms with Crippen LogP contribution in [0.3, 0.4) is 0 Å². The fraction of sp³-hybridized carbons (Fsp3) is 0.214. The lowest BCUT2D eigenvalue weighted by Gasteiger charge is -2.12. The normalized spacial score (nSPS) is 14.6. The van der Waals surface area contributed by atoms with Gasteiger partial charge < -0.3 is 5.32 Å². The van der Waals surface area contributed by atoms with Crippen molar-refractivity contribution in [2.75, 3.05) is 5.32 Å². The first kappa shape index (κ1) is 10.6. The molecule has 0 radical (unpaired) electrons. The van der Waals surface area contributed by atoms with Crippen LogP contribution in [0.4, 0.5) is 5.69 Å². The van der Waals surface area contributed by atoms with Gasteiger partial charge in [0.05, 0.1) is 11.9 Å². The predicted octanol–water partition coefficient (Wildman–Crippen LogP) is 3.31. The zero-order chi connectivity index (χ0) is 11.7. The summed E-state index contributed by atoms with van der Waals surface area (Å²) in [4.78, 5) is 4.07. The van der Waals surface area contributed by atoms with Crippen LogP contribution in [0, 0.1) is 0 Å². The molecule has 0 bridgehead atoms. The predicted molar refractivity (Wildman–Crippen MR) is 70.5 cm³/mol. The third kappa shape index (κ3) is 2.27. The molecule has 0 atom stereocenters. The van der Waals surface area contributed by atoms with Gasteiger partial charge in [-0.25, -0.2) is 4.98 Å². The Bertz CT molecular complexity index is 497. The Hall–Kier alpha value is -1.54. The van der Waals surface area contributed by atoms with Crippen molar-refractivity contribution < 1.29 is 0 Å². The molecule has 0 amide bonds. The first-order chi connectivity index (χ1) is 8.31. The Kier molecular flexibility index (Phi) is 2.73. The van der Waals surface area contributed by atoms with E-state index in [1.54, 1.807) is 6.20 Å². The maximum atomic E-state index is 5.76. The number of hydrogen-bond donors (Lipinski definition) is 1. The number of nitrogens with zero attached hydrogens (tertiary/aromatic N) is 1. The van der Waals surface area contributed by atoms with Crippen molar-refractivity contribution in [3.05, 3.63) is 58.9 Å². The van der Waals surface area contributed by atoms with Crippen LogP contribution in [-0.2, 0) is 12.8 Å². The van der Waals surface area contributed by atoms with E-state index in [2.05, 4.69) is 34.6 Å². The lowest BCUT2D eigenvalue weighted by Crippen LogP contribution is -2.19. The fourth-order valence-electron chi connectivity index (χ4n) is 2.36. The van der Waals surface area contributed by atoms with Crippen molar-refractivity contribution in [2.24, 2.45) is 0 Å². The van der Waals surface area contributed by atoms with Crippen LogP contribution >= 0.6 is 11.6 Å². The molecule has 3 heteroatoms. The second kappa shape index (κ2) is 4.38. The molecule has 0 unspecified atom stereocenters. The highest BCUT2D eigenvalue weighted by Gasteiger charge is 2.20. The molecular formula is C14H13ClN2. The molecule has 1 N–H and O–H groups in total. The molecule has 1 aromatic heterocycles. The van der Waals surface area contributed by atoms with Crippen molar-refractivity contribution in [2.45, 2.75) is 18.9 Å². The summed E-state index contributed by atoms with van der Waals surface area (Å²) in [7, 11) is 0. The Morgan fingerprint density at radius 3 is 2.35 bits per heavy atom. The first-order valence-corrected chi connectivity index (χ1v) is 6.14. The number of halogens is 1. The summed E-state index contributed by atoms with van der Waals surface area (Å²) in [6.07, 6.45) is 3.95. The van der Waals surface area contributed by atoms with Gasteiger partial charge >= 0.3 is 0 Å². The summed E-state index contributed by atoms with van der Waals surface area (Å²) in [5, 5.41) is 4.03. The van der Waals surface area contributed by atoms with Crippen LogP contribution in [0.5, 0.6) is 0 Å². The van der Waals surface area contributed by atoms with E-state index < -0.39 is 0 Å². The molecule has 0 spiro atoms. The van der Waals surface area contributed by atoms with Crippen LogP contribution in [0.25, 0.3) is 0 Å². The second-order valence-electron chi connectivity index (χ2n) is 4.39. The van der Waals surface area contributed by atoms with Gasteiger partial charge in [0.2, 0.25) is 0 Å². The molecule has 2 nitrogen and oxygen atoms in total. The molecule has 2 aromatic rings. The van der Waals surface area contributed by atoms with Gasteiger partial charge in [0.25, 0.3) is 0 Å². The van der Waals surface area contributed by atoms with E-state index in [0.717, 1.165) is 18.5 Å². The van der Waals surface area contributed by atoms with E-state index in [4.69, 9.17) is 11.6 Å². The first-order valence-electron chi connectivity index (χ1n) is 5.76.